The average molecular weight is 340 g/mol. The molecule has 0 atom stereocenters. The number of hydrogen-bond acceptors (Lipinski definition) is 2. The van der Waals surface area contributed by atoms with Crippen molar-refractivity contribution in [3.63, 3.8) is 0 Å². The topological polar surface area (TPSA) is 17.1 Å². The molecule has 0 aliphatic carbocycles. The molecule has 0 unspecified atom stereocenters. The van der Waals surface area contributed by atoms with Crippen molar-refractivity contribution in [1.29, 1.82) is 0 Å². The van der Waals surface area contributed by atoms with Crippen LogP contribution in [0.5, 0.6) is 0 Å². The van der Waals surface area contributed by atoms with Crippen molar-refractivity contribution in [3.8, 4) is 0 Å². The minimum atomic E-state index is -0.271. The van der Waals surface area contributed by atoms with Crippen LogP contribution < -0.4 is 0 Å². The number of rotatable bonds is 3. The third kappa shape index (κ3) is 2.28. The molecule has 0 radical (unpaired) electrons. The van der Waals surface area contributed by atoms with Gasteiger partial charge in [0.25, 0.3) is 0 Å². The maximum Gasteiger partial charge on any atom is 0.179 e. The second-order valence-electron chi connectivity index (χ2n) is 3.79. The van der Waals surface area contributed by atoms with Gasteiger partial charge >= 0.3 is 0 Å². The molecule has 0 amide bonds. The Balaban J connectivity index is 3.07. The molecule has 0 fully saturated rings. The molecule has 0 aliphatic heterocycles. The first kappa shape index (κ1) is 12.4. The predicted molar refractivity (Wildman–Crippen MR) is 68.1 cm³/mol. The van der Waals surface area contributed by atoms with E-state index in [4.69, 9.17) is 0 Å². The monoisotopic (exact) mass is 338 g/mol. The van der Waals surface area contributed by atoms with Crippen LogP contribution in [0.4, 0.5) is 0 Å². The molecule has 78 valence electrons. The van der Waals surface area contributed by atoms with E-state index in [-0.39, 0.29) is 11.2 Å². The lowest BCUT2D eigenvalue weighted by molar-refractivity contribution is 0.0837. The van der Waals surface area contributed by atoms with E-state index in [9.17, 15) is 4.79 Å². The van der Waals surface area contributed by atoms with Gasteiger partial charge in [-0.1, -0.05) is 20.8 Å². The van der Waals surface area contributed by atoms with Crippen molar-refractivity contribution in [2.24, 2.45) is 5.41 Å². The summed E-state index contributed by atoms with van der Waals surface area (Å²) in [4.78, 5) is 12.9. The highest BCUT2D eigenvalue weighted by molar-refractivity contribution is 9.13. The molecular weight excluding hydrogens is 328 g/mol. The number of thiophene rings is 1. The fourth-order valence-corrected chi connectivity index (χ4v) is 3.22. The van der Waals surface area contributed by atoms with E-state index in [1.54, 1.807) is 0 Å². The molecule has 14 heavy (non-hydrogen) atoms. The van der Waals surface area contributed by atoms with Gasteiger partial charge in [0.2, 0.25) is 0 Å². The largest absolute Gasteiger partial charge is 0.293 e. The van der Waals surface area contributed by atoms with Crippen LogP contribution in [0, 0.1) is 5.41 Å². The standard InChI is InChI=1S/C10H12Br2OS/c1-4-10(2,3)9(13)8-7(12)6(11)5-14-8/h5H,4H2,1-3H3. The zero-order chi connectivity index (χ0) is 10.9. The van der Waals surface area contributed by atoms with Crippen LogP contribution in [-0.2, 0) is 0 Å². The highest BCUT2D eigenvalue weighted by Gasteiger charge is 2.29. The Labute approximate surface area is 105 Å². The molecule has 0 aliphatic rings. The summed E-state index contributed by atoms with van der Waals surface area (Å²) in [6, 6.07) is 0. The molecule has 0 saturated carbocycles. The summed E-state index contributed by atoms with van der Waals surface area (Å²) in [5.41, 5.74) is -0.271. The Bertz CT molecular complexity index is 355. The Morgan fingerprint density at radius 3 is 2.43 bits per heavy atom. The van der Waals surface area contributed by atoms with Crippen LogP contribution in [0.2, 0.25) is 0 Å². The number of Topliss-reactive ketones (excluding diaryl/α,β-unsaturated/α-hetero) is 1. The van der Waals surface area contributed by atoms with Crippen molar-refractivity contribution in [2.45, 2.75) is 27.2 Å². The van der Waals surface area contributed by atoms with Gasteiger partial charge < -0.3 is 0 Å². The summed E-state index contributed by atoms with van der Waals surface area (Å²) < 4.78 is 1.84. The molecule has 0 spiro atoms. The summed E-state index contributed by atoms with van der Waals surface area (Å²) in [5, 5.41) is 1.93. The van der Waals surface area contributed by atoms with Crippen LogP contribution in [0.15, 0.2) is 14.3 Å². The number of halogens is 2. The summed E-state index contributed by atoms with van der Waals surface area (Å²) in [6.07, 6.45) is 0.855. The molecule has 4 heteroatoms. The normalized spacial score (nSPS) is 11.8. The summed E-state index contributed by atoms with van der Waals surface area (Å²) in [5.74, 6) is 0.211. The Morgan fingerprint density at radius 1 is 1.50 bits per heavy atom. The summed E-state index contributed by atoms with van der Waals surface area (Å²) in [6.45, 7) is 6.00. The van der Waals surface area contributed by atoms with Gasteiger partial charge in [-0.05, 0) is 38.3 Å². The van der Waals surface area contributed by atoms with Crippen LogP contribution in [0.1, 0.15) is 36.9 Å². The first-order valence-corrected chi connectivity index (χ1v) is 6.84. The SMILES string of the molecule is CCC(C)(C)C(=O)c1scc(Br)c1Br. The van der Waals surface area contributed by atoms with E-state index in [1.807, 2.05) is 26.2 Å². The van der Waals surface area contributed by atoms with E-state index >= 15 is 0 Å². The fourth-order valence-electron chi connectivity index (χ4n) is 0.944. The lowest BCUT2D eigenvalue weighted by Crippen LogP contribution is -2.22. The highest BCUT2D eigenvalue weighted by atomic mass is 79.9. The van der Waals surface area contributed by atoms with Crippen LogP contribution in [0.3, 0.4) is 0 Å². The molecule has 0 bridgehead atoms. The van der Waals surface area contributed by atoms with Gasteiger partial charge in [-0.2, -0.15) is 0 Å². The molecule has 1 nitrogen and oxygen atoms in total. The quantitative estimate of drug-likeness (QED) is 0.716. The smallest absolute Gasteiger partial charge is 0.179 e. The van der Waals surface area contributed by atoms with E-state index in [2.05, 4.69) is 31.9 Å². The Kier molecular flexibility index (Phi) is 3.95. The third-order valence-electron chi connectivity index (χ3n) is 2.39. The first-order chi connectivity index (χ1) is 6.40. The number of carbonyl (C=O) groups is 1. The first-order valence-electron chi connectivity index (χ1n) is 4.37. The Morgan fingerprint density at radius 2 is 2.07 bits per heavy atom. The fraction of sp³-hybridized carbons (Fsp3) is 0.500. The second-order valence-corrected chi connectivity index (χ2v) is 6.32. The van der Waals surface area contributed by atoms with E-state index < -0.39 is 0 Å². The molecule has 1 rings (SSSR count). The van der Waals surface area contributed by atoms with Gasteiger partial charge in [-0.15, -0.1) is 11.3 Å². The van der Waals surface area contributed by atoms with Gasteiger partial charge in [-0.3, -0.25) is 4.79 Å². The Hall–Kier alpha value is 0.330. The molecule has 1 heterocycles. The van der Waals surface area contributed by atoms with Crippen LogP contribution in [0.25, 0.3) is 0 Å². The van der Waals surface area contributed by atoms with Crippen LogP contribution >= 0.6 is 43.2 Å². The maximum atomic E-state index is 12.1. The minimum absolute atomic E-state index is 0.211. The van der Waals surface area contributed by atoms with Crippen molar-refractivity contribution in [1.82, 2.24) is 0 Å². The van der Waals surface area contributed by atoms with E-state index in [1.165, 1.54) is 11.3 Å². The average Bonchev–Trinajstić information content (AvgIpc) is 2.47. The zero-order valence-electron chi connectivity index (χ0n) is 8.36. The van der Waals surface area contributed by atoms with Gasteiger partial charge in [0, 0.05) is 15.3 Å². The van der Waals surface area contributed by atoms with Crippen molar-refractivity contribution >= 4 is 49.0 Å². The number of carbonyl (C=O) groups excluding carboxylic acids is 1. The zero-order valence-corrected chi connectivity index (χ0v) is 12.3. The summed E-state index contributed by atoms with van der Waals surface area (Å²) in [7, 11) is 0. The predicted octanol–water partition coefficient (Wildman–Crippen LogP) is 4.89. The molecule has 1 aromatic heterocycles. The van der Waals surface area contributed by atoms with Crippen molar-refractivity contribution < 1.29 is 4.79 Å². The molecular formula is C10H12Br2OS. The molecule has 0 N–H and O–H groups in total. The van der Waals surface area contributed by atoms with Gasteiger partial charge in [0.05, 0.1) is 9.35 Å². The van der Waals surface area contributed by atoms with Crippen molar-refractivity contribution in [2.75, 3.05) is 0 Å². The lowest BCUT2D eigenvalue weighted by atomic mass is 9.85. The molecule has 1 aromatic rings. The van der Waals surface area contributed by atoms with E-state index in [0.717, 1.165) is 20.2 Å². The number of hydrogen-bond donors (Lipinski definition) is 0. The maximum absolute atomic E-state index is 12.1. The summed E-state index contributed by atoms with van der Waals surface area (Å²) >= 11 is 8.28. The van der Waals surface area contributed by atoms with Gasteiger partial charge in [0.1, 0.15) is 0 Å². The minimum Gasteiger partial charge on any atom is -0.293 e. The molecule has 0 saturated heterocycles. The lowest BCUT2D eigenvalue weighted by Gasteiger charge is -2.19. The van der Waals surface area contributed by atoms with Gasteiger partial charge in [-0.25, -0.2) is 0 Å². The van der Waals surface area contributed by atoms with E-state index in [0.29, 0.717) is 0 Å². The molecule has 0 aromatic carbocycles. The second kappa shape index (κ2) is 4.45. The van der Waals surface area contributed by atoms with Crippen LogP contribution in [-0.4, -0.2) is 5.78 Å². The highest BCUT2D eigenvalue weighted by Crippen LogP contribution is 2.37. The third-order valence-corrected chi connectivity index (χ3v) is 5.92. The van der Waals surface area contributed by atoms with Crippen molar-refractivity contribution in [3.05, 3.63) is 19.2 Å². The number of ketones is 1. The van der Waals surface area contributed by atoms with Gasteiger partial charge in [0.15, 0.2) is 5.78 Å².